The van der Waals surface area contributed by atoms with Crippen LogP contribution in [0.15, 0.2) is 204 Å². The molecule has 0 spiro atoms. The van der Waals surface area contributed by atoms with Gasteiger partial charge in [0.25, 0.3) is 0 Å². The topological polar surface area (TPSA) is 16.4 Å². The molecule has 0 bridgehead atoms. The zero-order valence-corrected chi connectivity index (χ0v) is 27.6. The lowest BCUT2D eigenvalue weighted by Crippen LogP contribution is -2.09. The third-order valence-corrected chi connectivity index (χ3v) is 9.46. The maximum absolute atomic E-state index is 9.54. The van der Waals surface area contributed by atoms with E-state index in [1.165, 1.54) is 0 Å². The molecular formula is C50H33NO. The average Bonchev–Trinajstić information content (AvgIpc) is 3.70. The molecule has 2 nitrogen and oxygen atoms in total. The predicted octanol–water partition coefficient (Wildman–Crippen LogP) is 14.4. The minimum absolute atomic E-state index is 0.111. The summed E-state index contributed by atoms with van der Waals surface area (Å²) in [5.41, 5.74) is 5.24. The molecule has 0 fully saturated rings. The zero-order valence-electron chi connectivity index (χ0n) is 38.6. The molecule has 9 aromatic carbocycles. The van der Waals surface area contributed by atoms with Crippen molar-refractivity contribution >= 4 is 60.5 Å². The number of para-hydroxylation sites is 2. The van der Waals surface area contributed by atoms with Crippen LogP contribution in [0.1, 0.15) is 15.1 Å². The molecule has 0 unspecified atom stereocenters. The number of nitrogens with zero attached hydrogens (tertiary/aromatic N) is 1. The highest BCUT2D eigenvalue weighted by Crippen LogP contribution is 2.41. The second kappa shape index (κ2) is 12.5. The van der Waals surface area contributed by atoms with Crippen LogP contribution in [0, 0.1) is 0 Å². The summed E-state index contributed by atoms with van der Waals surface area (Å²) in [4.78, 5) is 1.64. The third kappa shape index (κ3) is 5.12. The molecule has 2 heteroatoms. The lowest BCUT2D eigenvalue weighted by atomic mass is 9.97. The van der Waals surface area contributed by atoms with Gasteiger partial charge in [0.2, 0.25) is 0 Å². The normalized spacial score (nSPS) is 14.4. The molecule has 10 aromatic rings. The van der Waals surface area contributed by atoms with Crippen LogP contribution in [0.4, 0.5) is 17.1 Å². The molecule has 0 aliphatic rings. The smallest absolute Gasteiger partial charge is 0.143 e. The Morgan fingerprint density at radius 3 is 1.79 bits per heavy atom. The number of fused-ring (bicyclic) bond motifs is 5. The quantitative estimate of drug-likeness (QED) is 0.175. The number of hydrogen-bond acceptors (Lipinski definition) is 2. The van der Waals surface area contributed by atoms with E-state index in [0.29, 0.717) is 11.4 Å². The van der Waals surface area contributed by atoms with Gasteiger partial charge in [-0.3, -0.25) is 0 Å². The van der Waals surface area contributed by atoms with Crippen molar-refractivity contribution in [3.63, 3.8) is 0 Å². The first kappa shape index (κ1) is 20.7. The summed E-state index contributed by atoms with van der Waals surface area (Å²) >= 11 is 0. The van der Waals surface area contributed by atoms with Crippen LogP contribution in [-0.2, 0) is 0 Å². The van der Waals surface area contributed by atoms with Gasteiger partial charge in [-0.25, -0.2) is 0 Å². The minimum Gasteiger partial charge on any atom is -0.455 e. The maximum atomic E-state index is 9.54. The molecule has 1 aromatic heterocycles. The first-order chi connectivity index (χ1) is 30.4. The van der Waals surface area contributed by atoms with Crippen molar-refractivity contribution in [1.29, 1.82) is 0 Å². The fourth-order valence-electron chi connectivity index (χ4n) is 6.98. The Morgan fingerprint density at radius 2 is 0.981 bits per heavy atom. The molecule has 244 valence electrons. The summed E-state index contributed by atoms with van der Waals surface area (Å²) < 4.78 is 104. The standard InChI is InChI=1S/C50H33NO/c1-3-14-42-34(10-1)12-7-17-44(42)36-22-28-39(29-23-36)51(40-30-24-37(25-31-40)45-18-8-13-35-11-2-4-15-43(35)45)41-32-26-38(27-33-41)46-19-9-20-48-47-16-5-6-21-49(47)52-50(46)48/h1-33H/i1D,3D,7D,10D,12D,14D,17D,22D,23D,28D,29D. The summed E-state index contributed by atoms with van der Waals surface area (Å²) in [7, 11) is 0. The molecule has 1 heterocycles. The number of benzene rings is 9. The Bertz CT molecular complexity index is 3490. The van der Waals surface area contributed by atoms with E-state index in [1.54, 1.807) is 4.90 Å². The molecule has 0 aliphatic heterocycles. The number of rotatable bonds is 6. The molecule has 0 N–H and O–H groups in total. The van der Waals surface area contributed by atoms with E-state index in [1.807, 2.05) is 127 Å². The van der Waals surface area contributed by atoms with E-state index in [0.717, 1.165) is 55.0 Å². The van der Waals surface area contributed by atoms with Gasteiger partial charge < -0.3 is 9.32 Å². The largest absolute Gasteiger partial charge is 0.455 e. The first-order valence-electron chi connectivity index (χ1n) is 22.4. The fourth-order valence-corrected chi connectivity index (χ4v) is 6.98. The number of furan rings is 1. The summed E-state index contributed by atoms with van der Waals surface area (Å²) in [5, 5.41) is 3.45. The van der Waals surface area contributed by atoms with Crippen molar-refractivity contribution < 1.29 is 19.5 Å². The number of anilines is 3. The van der Waals surface area contributed by atoms with Gasteiger partial charge >= 0.3 is 0 Å². The second-order valence-corrected chi connectivity index (χ2v) is 12.5. The Kier molecular flexibility index (Phi) is 4.96. The molecule has 0 aliphatic carbocycles. The SMILES string of the molecule is [2H]c1c([2H])c(N(c2ccc(-c3cccc4ccccc34)cc2)c2ccc(-c3cccc4c3oc3ccccc34)cc2)c([2H])c([2H])c1-c1c([2H])c([2H])c([2H])c2c([2H])c([2H])c([2H])c([2H])c12. The van der Waals surface area contributed by atoms with Crippen molar-refractivity contribution in [2.45, 2.75) is 0 Å². The minimum atomic E-state index is -0.671. The molecule has 0 radical (unpaired) electrons. The van der Waals surface area contributed by atoms with Gasteiger partial charge in [0.1, 0.15) is 11.2 Å². The third-order valence-electron chi connectivity index (χ3n) is 9.46. The Morgan fingerprint density at radius 1 is 0.365 bits per heavy atom. The van der Waals surface area contributed by atoms with Gasteiger partial charge in [0.15, 0.2) is 0 Å². The lowest BCUT2D eigenvalue weighted by Gasteiger charge is -2.26. The van der Waals surface area contributed by atoms with Crippen LogP contribution >= 0.6 is 0 Å². The van der Waals surface area contributed by atoms with E-state index in [2.05, 4.69) is 6.07 Å². The highest BCUT2D eigenvalue weighted by atomic mass is 16.3. The van der Waals surface area contributed by atoms with E-state index in [4.69, 9.17) is 14.0 Å². The summed E-state index contributed by atoms with van der Waals surface area (Å²) in [6.07, 6.45) is 0. The lowest BCUT2D eigenvalue weighted by molar-refractivity contribution is 0.670. The van der Waals surface area contributed by atoms with Crippen molar-refractivity contribution in [2.24, 2.45) is 0 Å². The van der Waals surface area contributed by atoms with Crippen LogP contribution in [-0.4, -0.2) is 0 Å². The predicted molar refractivity (Wildman–Crippen MR) is 220 cm³/mol. The van der Waals surface area contributed by atoms with E-state index < -0.39 is 72.0 Å². The monoisotopic (exact) mass is 674 g/mol. The number of hydrogen-bond donors (Lipinski definition) is 0. The van der Waals surface area contributed by atoms with Gasteiger partial charge in [-0.15, -0.1) is 0 Å². The van der Waals surface area contributed by atoms with Crippen molar-refractivity contribution in [3.8, 4) is 33.4 Å². The van der Waals surface area contributed by atoms with Gasteiger partial charge in [0, 0.05) is 33.4 Å². The Hall–Kier alpha value is -6.90. The van der Waals surface area contributed by atoms with E-state index in [9.17, 15) is 5.48 Å². The first-order valence-corrected chi connectivity index (χ1v) is 16.9. The molecule has 0 saturated carbocycles. The fraction of sp³-hybridized carbons (Fsp3) is 0. The summed E-state index contributed by atoms with van der Waals surface area (Å²) in [5.74, 6) is 0. The van der Waals surface area contributed by atoms with Crippen molar-refractivity contribution in [3.05, 3.63) is 200 Å². The Balaban J connectivity index is 1.18. The van der Waals surface area contributed by atoms with Gasteiger partial charge in [-0.1, -0.05) is 158 Å². The summed E-state index contributed by atoms with van der Waals surface area (Å²) in [6.45, 7) is 0. The van der Waals surface area contributed by atoms with Crippen LogP contribution < -0.4 is 4.90 Å². The molecule has 0 amide bonds. The van der Waals surface area contributed by atoms with E-state index in [-0.39, 0.29) is 22.0 Å². The summed E-state index contributed by atoms with van der Waals surface area (Å²) in [6, 6.07) is 36.4. The molecule has 52 heavy (non-hydrogen) atoms. The highest BCUT2D eigenvalue weighted by Gasteiger charge is 2.16. The van der Waals surface area contributed by atoms with Gasteiger partial charge in [-0.2, -0.15) is 0 Å². The van der Waals surface area contributed by atoms with Crippen LogP contribution in [0.5, 0.6) is 0 Å². The van der Waals surface area contributed by atoms with Gasteiger partial charge in [0.05, 0.1) is 15.1 Å². The van der Waals surface area contributed by atoms with Crippen LogP contribution in [0.25, 0.3) is 76.9 Å². The van der Waals surface area contributed by atoms with Crippen molar-refractivity contribution in [1.82, 2.24) is 0 Å². The van der Waals surface area contributed by atoms with Crippen LogP contribution in [0.3, 0.4) is 0 Å². The zero-order chi connectivity index (χ0) is 44.0. The maximum Gasteiger partial charge on any atom is 0.143 e. The average molecular weight is 675 g/mol. The van der Waals surface area contributed by atoms with Crippen molar-refractivity contribution in [2.75, 3.05) is 4.90 Å². The highest BCUT2D eigenvalue weighted by molar-refractivity contribution is 6.09. The molecular weight excluding hydrogens is 631 g/mol. The molecule has 10 rings (SSSR count). The Labute approximate surface area is 317 Å². The van der Waals surface area contributed by atoms with E-state index >= 15 is 0 Å². The van der Waals surface area contributed by atoms with Gasteiger partial charge in [-0.05, 0) is 91.8 Å². The molecule has 0 saturated heterocycles. The van der Waals surface area contributed by atoms with Crippen LogP contribution in [0.2, 0.25) is 0 Å². The molecule has 0 atom stereocenters. The second-order valence-electron chi connectivity index (χ2n) is 12.5.